The second-order valence-corrected chi connectivity index (χ2v) is 5.70. The highest BCUT2D eigenvalue weighted by Gasteiger charge is 2.32. The standard InChI is InChI=1S/C15H22N2S/c1-3-15(9-4-5-10-15)17-14(18)16-13-8-6-7-12(2)11-13/h6-8,11H,3-5,9-10H2,1-2H3,(H2,16,17,18). The summed E-state index contributed by atoms with van der Waals surface area (Å²) in [6, 6.07) is 8.30. The van der Waals surface area contributed by atoms with Gasteiger partial charge in [0.05, 0.1) is 0 Å². The van der Waals surface area contributed by atoms with Gasteiger partial charge in [0, 0.05) is 11.2 Å². The zero-order valence-corrected chi connectivity index (χ0v) is 12.1. The lowest BCUT2D eigenvalue weighted by Crippen LogP contribution is -2.47. The van der Waals surface area contributed by atoms with E-state index in [1.165, 1.54) is 31.2 Å². The third-order valence-corrected chi connectivity index (χ3v) is 4.10. The van der Waals surface area contributed by atoms with E-state index in [9.17, 15) is 0 Å². The molecular weight excluding hydrogens is 240 g/mol. The molecule has 1 aromatic carbocycles. The van der Waals surface area contributed by atoms with Crippen LogP contribution >= 0.6 is 12.2 Å². The van der Waals surface area contributed by atoms with E-state index in [1.54, 1.807) is 0 Å². The molecule has 2 N–H and O–H groups in total. The van der Waals surface area contributed by atoms with Crippen LogP contribution < -0.4 is 10.6 Å². The van der Waals surface area contributed by atoms with Gasteiger partial charge in [-0.1, -0.05) is 31.9 Å². The lowest BCUT2D eigenvalue weighted by molar-refractivity contribution is 0.378. The van der Waals surface area contributed by atoms with Crippen LogP contribution in [0.1, 0.15) is 44.6 Å². The molecule has 0 heterocycles. The highest BCUT2D eigenvalue weighted by molar-refractivity contribution is 7.80. The molecule has 1 saturated carbocycles. The minimum atomic E-state index is 0.230. The molecule has 3 heteroatoms. The van der Waals surface area contributed by atoms with E-state index in [0.717, 1.165) is 17.2 Å². The topological polar surface area (TPSA) is 24.1 Å². The molecule has 0 unspecified atom stereocenters. The van der Waals surface area contributed by atoms with Crippen molar-refractivity contribution in [3.8, 4) is 0 Å². The van der Waals surface area contributed by atoms with Crippen LogP contribution in [0.15, 0.2) is 24.3 Å². The molecule has 98 valence electrons. The lowest BCUT2D eigenvalue weighted by atomic mass is 9.95. The van der Waals surface area contributed by atoms with Gasteiger partial charge >= 0.3 is 0 Å². The molecular formula is C15H22N2S. The molecule has 0 amide bonds. The molecule has 0 bridgehead atoms. The molecule has 0 spiro atoms. The van der Waals surface area contributed by atoms with Gasteiger partial charge in [-0.05, 0) is 56.1 Å². The number of hydrogen-bond donors (Lipinski definition) is 2. The number of hydrogen-bond acceptors (Lipinski definition) is 1. The fourth-order valence-electron chi connectivity index (χ4n) is 2.74. The quantitative estimate of drug-likeness (QED) is 0.805. The Morgan fingerprint density at radius 3 is 2.67 bits per heavy atom. The zero-order chi connectivity index (χ0) is 13.0. The minimum absolute atomic E-state index is 0.230. The monoisotopic (exact) mass is 262 g/mol. The summed E-state index contributed by atoms with van der Waals surface area (Å²) in [7, 11) is 0. The van der Waals surface area contributed by atoms with Crippen molar-refractivity contribution in [2.45, 2.75) is 51.5 Å². The normalized spacial score (nSPS) is 17.4. The van der Waals surface area contributed by atoms with E-state index in [4.69, 9.17) is 12.2 Å². The van der Waals surface area contributed by atoms with Crippen LogP contribution in [0.2, 0.25) is 0 Å². The van der Waals surface area contributed by atoms with E-state index in [-0.39, 0.29) is 5.54 Å². The fraction of sp³-hybridized carbons (Fsp3) is 0.533. The molecule has 1 aliphatic rings. The maximum atomic E-state index is 5.43. The first kappa shape index (κ1) is 13.3. The average Bonchev–Trinajstić information content (AvgIpc) is 2.78. The first-order chi connectivity index (χ1) is 8.63. The number of benzene rings is 1. The van der Waals surface area contributed by atoms with Crippen molar-refractivity contribution in [1.29, 1.82) is 0 Å². The first-order valence-electron chi connectivity index (χ1n) is 6.79. The van der Waals surface area contributed by atoms with Crippen molar-refractivity contribution in [1.82, 2.24) is 5.32 Å². The van der Waals surface area contributed by atoms with Crippen LogP contribution in [0.5, 0.6) is 0 Å². The second kappa shape index (κ2) is 5.70. The van der Waals surface area contributed by atoms with Crippen LogP contribution in [0, 0.1) is 6.92 Å². The average molecular weight is 262 g/mol. The number of anilines is 1. The highest BCUT2D eigenvalue weighted by atomic mass is 32.1. The Bertz CT molecular complexity index is 422. The molecule has 1 fully saturated rings. The Kier molecular flexibility index (Phi) is 4.23. The van der Waals surface area contributed by atoms with Crippen molar-refractivity contribution in [2.24, 2.45) is 0 Å². The maximum absolute atomic E-state index is 5.43. The van der Waals surface area contributed by atoms with Crippen LogP contribution in [0.25, 0.3) is 0 Å². The van der Waals surface area contributed by atoms with Crippen LogP contribution in [-0.2, 0) is 0 Å². The van der Waals surface area contributed by atoms with Crippen LogP contribution in [-0.4, -0.2) is 10.7 Å². The van der Waals surface area contributed by atoms with Gasteiger partial charge in [0.1, 0.15) is 0 Å². The lowest BCUT2D eigenvalue weighted by Gasteiger charge is -2.30. The third kappa shape index (κ3) is 3.22. The maximum Gasteiger partial charge on any atom is 0.171 e. The Balaban J connectivity index is 1.96. The number of aryl methyl sites for hydroxylation is 1. The number of thiocarbonyl (C=S) groups is 1. The van der Waals surface area contributed by atoms with Gasteiger partial charge in [-0.2, -0.15) is 0 Å². The summed E-state index contributed by atoms with van der Waals surface area (Å²) in [5.41, 5.74) is 2.54. The highest BCUT2D eigenvalue weighted by Crippen LogP contribution is 2.32. The number of nitrogens with one attached hydrogen (secondary N) is 2. The molecule has 0 atom stereocenters. The van der Waals surface area contributed by atoms with Gasteiger partial charge in [0.2, 0.25) is 0 Å². The summed E-state index contributed by atoms with van der Waals surface area (Å²) < 4.78 is 0. The van der Waals surface area contributed by atoms with Crippen molar-refractivity contribution in [3.63, 3.8) is 0 Å². The van der Waals surface area contributed by atoms with Gasteiger partial charge in [-0.3, -0.25) is 0 Å². The molecule has 0 aliphatic heterocycles. The van der Waals surface area contributed by atoms with Gasteiger partial charge in [0.15, 0.2) is 5.11 Å². The summed E-state index contributed by atoms with van der Waals surface area (Å²) in [5.74, 6) is 0. The molecule has 0 saturated heterocycles. The smallest absolute Gasteiger partial charge is 0.171 e. The summed E-state index contributed by atoms with van der Waals surface area (Å²) in [6.07, 6.45) is 6.24. The van der Waals surface area contributed by atoms with E-state index in [2.05, 4.69) is 36.6 Å². The molecule has 1 aromatic rings. The first-order valence-corrected chi connectivity index (χ1v) is 7.20. The summed E-state index contributed by atoms with van der Waals surface area (Å²) >= 11 is 5.43. The SMILES string of the molecule is CCC1(NC(=S)Nc2cccc(C)c2)CCCC1. The van der Waals surface area contributed by atoms with Crippen molar-refractivity contribution < 1.29 is 0 Å². The summed E-state index contributed by atoms with van der Waals surface area (Å²) in [6.45, 7) is 4.33. The minimum Gasteiger partial charge on any atom is -0.357 e. The van der Waals surface area contributed by atoms with E-state index in [0.29, 0.717) is 0 Å². The Morgan fingerprint density at radius 2 is 2.06 bits per heavy atom. The van der Waals surface area contributed by atoms with Crippen molar-refractivity contribution in [3.05, 3.63) is 29.8 Å². The molecule has 0 radical (unpaired) electrons. The number of rotatable bonds is 3. The van der Waals surface area contributed by atoms with Gasteiger partial charge in [-0.25, -0.2) is 0 Å². The van der Waals surface area contributed by atoms with Crippen molar-refractivity contribution in [2.75, 3.05) is 5.32 Å². The molecule has 18 heavy (non-hydrogen) atoms. The Morgan fingerprint density at radius 1 is 1.33 bits per heavy atom. The zero-order valence-electron chi connectivity index (χ0n) is 11.3. The summed E-state index contributed by atoms with van der Waals surface area (Å²) in [5, 5.41) is 7.57. The Labute approximate surface area is 115 Å². The molecule has 2 nitrogen and oxygen atoms in total. The molecule has 0 aromatic heterocycles. The third-order valence-electron chi connectivity index (χ3n) is 3.89. The summed E-state index contributed by atoms with van der Waals surface area (Å²) in [4.78, 5) is 0. The predicted molar refractivity (Wildman–Crippen MR) is 82.0 cm³/mol. The predicted octanol–water partition coefficient (Wildman–Crippen LogP) is 4.00. The fourth-order valence-corrected chi connectivity index (χ4v) is 3.08. The molecule has 1 aliphatic carbocycles. The second-order valence-electron chi connectivity index (χ2n) is 5.29. The largest absolute Gasteiger partial charge is 0.357 e. The van der Waals surface area contributed by atoms with Gasteiger partial charge in [-0.15, -0.1) is 0 Å². The van der Waals surface area contributed by atoms with Crippen molar-refractivity contribution >= 4 is 23.0 Å². The van der Waals surface area contributed by atoms with Gasteiger partial charge < -0.3 is 10.6 Å². The van der Waals surface area contributed by atoms with E-state index in [1.807, 2.05) is 12.1 Å². The van der Waals surface area contributed by atoms with Crippen LogP contribution in [0.3, 0.4) is 0 Å². The van der Waals surface area contributed by atoms with E-state index < -0.39 is 0 Å². The molecule has 2 rings (SSSR count). The van der Waals surface area contributed by atoms with Gasteiger partial charge in [0.25, 0.3) is 0 Å². The van der Waals surface area contributed by atoms with Crippen LogP contribution in [0.4, 0.5) is 5.69 Å². The Hall–Kier alpha value is -1.09. The van der Waals surface area contributed by atoms with E-state index >= 15 is 0 Å².